The van der Waals surface area contributed by atoms with Gasteiger partial charge in [0.25, 0.3) is 5.91 Å². The first-order chi connectivity index (χ1) is 8.79. The zero-order valence-corrected chi connectivity index (χ0v) is 11.2. The van der Waals surface area contributed by atoms with Gasteiger partial charge in [0.05, 0.1) is 0 Å². The average Bonchev–Trinajstić information content (AvgIpc) is 2.41. The van der Waals surface area contributed by atoms with Crippen LogP contribution in [0.4, 0.5) is 5.69 Å². The van der Waals surface area contributed by atoms with Crippen molar-refractivity contribution in [2.45, 2.75) is 19.8 Å². The summed E-state index contributed by atoms with van der Waals surface area (Å²) in [5.41, 5.74) is 2.78. The topological polar surface area (TPSA) is 64.1 Å². The third-order valence-electron chi connectivity index (χ3n) is 2.79. The first-order valence-corrected chi connectivity index (χ1v) is 6.25. The third kappa shape index (κ3) is 4.23. The van der Waals surface area contributed by atoms with Gasteiger partial charge >= 0.3 is 0 Å². The van der Waals surface area contributed by atoms with E-state index >= 15 is 0 Å². The number of hydrogen-bond acceptors (Lipinski definition) is 2. The van der Waals surface area contributed by atoms with Crippen LogP contribution in [0.5, 0.6) is 0 Å². The molecule has 0 saturated carbocycles. The lowest BCUT2D eigenvalue weighted by molar-refractivity contribution is 0.102. The molecule has 0 aliphatic rings. The molecule has 2 aromatic rings. The first kappa shape index (κ1) is 14.9. The van der Waals surface area contributed by atoms with E-state index in [1.165, 1.54) is 5.56 Å². The number of rotatable bonds is 4. The van der Waals surface area contributed by atoms with Crippen LogP contribution < -0.4 is 11.5 Å². The van der Waals surface area contributed by atoms with Crippen molar-refractivity contribution in [1.29, 1.82) is 0 Å². The van der Waals surface area contributed by atoms with Crippen LogP contribution in [-0.2, 0) is 6.42 Å². The second-order valence-electron chi connectivity index (χ2n) is 4.27. The van der Waals surface area contributed by atoms with E-state index in [9.17, 15) is 4.79 Å². The standard InChI is InChI=1S/C16H17NO.H3N/c1-2-6-13-9-11-14(12-10-13)16(18)17-15-7-4-3-5-8-15;/h3-5,7-12H,2,6H2,1H3,(H,17,18);1H3. The highest BCUT2D eigenvalue weighted by atomic mass is 16.1. The van der Waals surface area contributed by atoms with Crippen LogP contribution in [0.1, 0.15) is 29.3 Å². The molecule has 0 fully saturated rings. The highest BCUT2D eigenvalue weighted by Gasteiger charge is 2.05. The molecule has 100 valence electrons. The molecule has 0 unspecified atom stereocenters. The fraction of sp³-hybridized carbons (Fsp3) is 0.188. The molecule has 0 aliphatic carbocycles. The van der Waals surface area contributed by atoms with Gasteiger partial charge in [-0.25, -0.2) is 0 Å². The molecule has 0 heterocycles. The molecule has 2 rings (SSSR count). The van der Waals surface area contributed by atoms with Crippen LogP contribution in [0.25, 0.3) is 0 Å². The number of nitrogens with one attached hydrogen (secondary N) is 1. The zero-order valence-electron chi connectivity index (χ0n) is 11.2. The summed E-state index contributed by atoms with van der Waals surface area (Å²) in [5, 5.41) is 2.87. The van der Waals surface area contributed by atoms with Crippen LogP contribution in [0, 0.1) is 0 Å². The Bertz CT molecular complexity index is 506. The second-order valence-corrected chi connectivity index (χ2v) is 4.27. The third-order valence-corrected chi connectivity index (χ3v) is 2.79. The van der Waals surface area contributed by atoms with Gasteiger partial charge in [-0.05, 0) is 36.2 Å². The van der Waals surface area contributed by atoms with Crippen LogP contribution in [0.3, 0.4) is 0 Å². The largest absolute Gasteiger partial charge is 0.344 e. The van der Waals surface area contributed by atoms with Crippen LogP contribution in [0.15, 0.2) is 54.6 Å². The van der Waals surface area contributed by atoms with Gasteiger partial charge in [-0.15, -0.1) is 0 Å². The summed E-state index contributed by atoms with van der Waals surface area (Å²) in [7, 11) is 0. The number of aryl methyl sites for hydroxylation is 1. The number of carbonyl (C=O) groups excluding carboxylic acids is 1. The van der Waals surface area contributed by atoms with Crippen molar-refractivity contribution in [1.82, 2.24) is 6.15 Å². The van der Waals surface area contributed by atoms with Gasteiger partial charge in [0.15, 0.2) is 0 Å². The van der Waals surface area contributed by atoms with Crippen molar-refractivity contribution in [3.05, 3.63) is 65.7 Å². The van der Waals surface area contributed by atoms with Crippen LogP contribution >= 0.6 is 0 Å². The number of amides is 1. The Hall–Kier alpha value is -2.13. The number of para-hydroxylation sites is 1. The van der Waals surface area contributed by atoms with Crippen LogP contribution in [0.2, 0.25) is 0 Å². The molecule has 0 atom stereocenters. The quantitative estimate of drug-likeness (QED) is 0.866. The molecular formula is C16H20N2O. The zero-order chi connectivity index (χ0) is 12.8. The Morgan fingerprint density at radius 3 is 2.21 bits per heavy atom. The molecule has 0 spiro atoms. The summed E-state index contributed by atoms with van der Waals surface area (Å²) in [5.74, 6) is -0.0655. The Labute approximate surface area is 114 Å². The van der Waals surface area contributed by atoms with Crippen LogP contribution in [-0.4, -0.2) is 5.91 Å². The van der Waals surface area contributed by atoms with Gasteiger partial charge in [0.1, 0.15) is 0 Å². The Morgan fingerprint density at radius 2 is 1.63 bits per heavy atom. The van der Waals surface area contributed by atoms with Gasteiger partial charge in [0.2, 0.25) is 0 Å². The molecule has 3 nitrogen and oxygen atoms in total. The minimum absolute atomic E-state index is 0. The van der Waals surface area contributed by atoms with E-state index in [0.717, 1.165) is 18.5 Å². The smallest absolute Gasteiger partial charge is 0.255 e. The van der Waals surface area contributed by atoms with Crippen molar-refractivity contribution in [2.75, 3.05) is 5.32 Å². The fourth-order valence-corrected chi connectivity index (χ4v) is 1.84. The van der Waals surface area contributed by atoms with Gasteiger partial charge in [0, 0.05) is 11.3 Å². The normalized spacial score (nSPS) is 9.53. The SMILES string of the molecule is CCCc1ccc(C(=O)Nc2ccccc2)cc1.N. The fourth-order valence-electron chi connectivity index (χ4n) is 1.84. The van der Waals surface area contributed by atoms with E-state index in [1.54, 1.807) is 0 Å². The lowest BCUT2D eigenvalue weighted by atomic mass is 10.1. The minimum Gasteiger partial charge on any atom is -0.344 e. The monoisotopic (exact) mass is 256 g/mol. The van der Waals surface area contributed by atoms with Gasteiger partial charge in [-0.2, -0.15) is 0 Å². The molecule has 0 aromatic heterocycles. The summed E-state index contributed by atoms with van der Waals surface area (Å²) < 4.78 is 0. The molecule has 19 heavy (non-hydrogen) atoms. The first-order valence-electron chi connectivity index (χ1n) is 6.25. The molecule has 1 amide bonds. The summed E-state index contributed by atoms with van der Waals surface area (Å²) in [6, 6.07) is 17.3. The predicted molar refractivity (Wildman–Crippen MR) is 79.9 cm³/mol. The van der Waals surface area contributed by atoms with E-state index in [4.69, 9.17) is 0 Å². The molecule has 0 bridgehead atoms. The highest BCUT2D eigenvalue weighted by Crippen LogP contribution is 2.10. The maximum Gasteiger partial charge on any atom is 0.255 e. The molecule has 2 aromatic carbocycles. The maximum atomic E-state index is 12.0. The molecule has 4 N–H and O–H groups in total. The van der Waals surface area contributed by atoms with Crippen molar-refractivity contribution >= 4 is 11.6 Å². The van der Waals surface area contributed by atoms with E-state index in [1.807, 2.05) is 54.6 Å². The molecule has 0 saturated heterocycles. The van der Waals surface area contributed by atoms with Crippen molar-refractivity contribution in [3.8, 4) is 0 Å². The van der Waals surface area contributed by atoms with Gasteiger partial charge < -0.3 is 11.5 Å². The Kier molecular flexibility index (Phi) is 5.76. The summed E-state index contributed by atoms with van der Waals surface area (Å²) in [4.78, 5) is 12.0. The average molecular weight is 256 g/mol. The Morgan fingerprint density at radius 1 is 1.00 bits per heavy atom. The van der Waals surface area contributed by atoms with E-state index in [-0.39, 0.29) is 12.1 Å². The number of anilines is 1. The minimum atomic E-state index is -0.0655. The second kappa shape index (κ2) is 7.34. The lowest BCUT2D eigenvalue weighted by Crippen LogP contribution is -2.11. The summed E-state index contributed by atoms with van der Waals surface area (Å²) in [6.07, 6.45) is 2.18. The molecule has 3 heteroatoms. The van der Waals surface area contributed by atoms with Gasteiger partial charge in [-0.1, -0.05) is 43.7 Å². The van der Waals surface area contributed by atoms with E-state index in [0.29, 0.717) is 5.56 Å². The van der Waals surface area contributed by atoms with Gasteiger partial charge in [-0.3, -0.25) is 4.79 Å². The molecule has 0 aliphatic heterocycles. The summed E-state index contributed by atoms with van der Waals surface area (Å²) >= 11 is 0. The molecular weight excluding hydrogens is 236 g/mol. The predicted octanol–water partition coefficient (Wildman–Crippen LogP) is 4.05. The van der Waals surface area contributed by atoms with E-state index < -0.39 is 0 Å². The number of benzene rings is 2. The number of hydrogen-bond donors (Lipinski definition) is 2. The van der Waals surface area contributed by atoms with Crippen molar-refractivity contribution in [2.24, 2.45) is 0 Å². The highest BCUT2D eigenvalue weighted by molar-refractivity contribution is 6.04. The molecule has 0 radical (unpaired) electrons. The van der Waals surface area contributed by atoms with E-state index in [2.05, 4.69) is 12.2 Å². The summed E-state index contributed by atoms with van der Waals surface area (Å²) in [6.45, 7) is 2.15. The van der Waals surface area contributed by atoms with Crippen molar-refractivity contribution < 1.29 is 4.79 Å². The maximum absolute atomic E-state index is 12.0. The van der Waals surface area contributed by atoms with Crippen molar-refractivity contribution in [3.63, 3.8) is 0 Å². The lowest BCUT2D eigenvalue weighted by Gasteiger charge is -2.05. The number of carbonyl (C=O) groups is 1. The Balaban J connectivity index is 0.00000180.